The summed E-state index contributed by atoms with van der Waals surface area (Å²) in [7, 11) is 0. The molecule has 1 aliphatic rings. The highest BCUT2D eigenvalue weighted by Crippen LogP contribution is 2.38. The first-order valence-corrected chi connectivity index (χ1v) is 9.17. The molecule has 0 radical (unpaired) electrons. The lowest BCUT2D eigenvalue weighted by Gasteiger charge is -2.23. The van der Waals surface area contributed by atoms with Crippen molar-refractivity contribution in [1.82, 2.24) is 4.90 Å². The van der Waals surface area contributed by atoms with Gasteiger partial charge in [-0.05, 0) is 69.9 Å². The predicted molar refractivity (Wildman–Crippen MR) is 96.9 cm³/mol. The fraction of sp³-hybridized carbons (Fsp3) is 0.684. The molecule has 1 aliphatic heterocycles. The highest BCUT2D eigenvalue weighted by Gasteiger charge is 2.17. The Balaban J connectivity index is 1.97. The van der Waals surface area contributed by atoms with Crippen LogP contribution in [0.1, 0.15) is 45.6 Å². The first-order valence-electron chi connectivity index (χ1n) is 9.17. The molecule has 1 aromatic carbocycles. The number of nitrogens with one attached hydrogen (secondary N) is 1. The second kappa shape index (κ2) is 9.66. The van der Waals surface area contributed by atoms with Crippen LogP contribution in [0.3, 0.4) is 0 Å². The van der Waals surface area contributed by atoms with Crippen molar-refractivity contribution in [3.8, 4) is 11.5 Å². The highest BCUT2D eigenvalue weighted by molar-refractivity contribution is 5.66. The maximum atomic E-state index is 5.77. The Morgan fingerprint density at radius 2 is 1.91 bits per heavy atom. The molecule has 2 rings (SSSR count). The fourth-order valence-corrected chi connectivity index (χ4v) is 3.16. The molecule has 0 atom stereocenters. The lowest BCUT2D eigenvalue weighted by molar-refractivity contribution is 0.270. The summed E-state index contributed by atoms with van der Waals surface area (Å²) >= 11 is 0. The lowest BCUT2D eigenvalue weighted by Crippen LogP contribution is -2.26. The number of benzene rings is 1. The summed E-state index contributed by atoms with van der Waals surface area (Å²) < 4.78 is 11.5. The van der Waals surface area contributed by atoms with Gasteiger partial charge in [0.25, 0.3) is 0 Å². The Labute approximate surface area is 141 Å². The van der Waals surface area contributed by atoms with E-state index in [1.54, 1.807) is 0 Å². The normalized spacial score (nSPS) is 13.4. The Kier molecular flexibility index (Phi) is 7.53. The summed E-state index contributed by atoms with van der Waals surface area (Å²) in [6, 6.07) is 4.38. The Morgan fingerprint density at radius 3 is 2.61 bits per heavy atom. The zero-order chi connectivity index (χ0) is 16.5. The van der Waals surface area contributed by atoms with Crippen molar-refractivity contribution >= 4 is 5.69 Å². The van der Waals surface area contributed by atoms with E-state index in [1.807, 2.05) is 6.92 Å². The smallest absolute Gasteiger partial charge is 0.184 e. The molecule has 0 unspecified atom stereocenters. The van der Waals surface area contributed by atoms with E-state index in [0.29, 0.717) is 13.2 Å². The molecule has 1 heterocycles. The predicted octanol–water partition coefficient (Wildman–Crippen LogP) is 3.94. The molecule has 1 N–H and O–H groups in total. The van der Waals surface area contributed by atoms with Crippen molar-refractivity contribution in [2.45, 2.75) is 46.5 Å². The molecule has 4 heteroatoms. The van der Waals surface area contributed by atoms with Gasteiger partial charge in [0.1, 0.15) is 6.61 Å². The zero-order valence-corrected chi connectivity index (χ0v) is 15.0. The van der Waals surface area contributed by atoms with Crippen LogP contribution >= 0.6 is 0 Å². The molecule has 23 heavy (non-hydrogen) atoms. The van der Waals surface area contributed by atoms with Crippen molar-refractivity contribution in [3.05, 3.63) is 17.7 Å². The van der Waals surface area contributed by atoms with Gasteiger partial charge in [0.2, 0.25) is 0 Å². The molecule has 0 saturated carbocycles. The van der Waals surface area contributed by atoms with Gasteiger partial charge in [-0.15, -0.1) is 0 Å². The minimum absolute atomic E-state index is 0.667. The van der Waals surface area contributed by atoms with Gasteiger partial charge >= 0.3 is 0 Å². The Morgan fingerprint density at radius 1 is 1.13 bits per heavy atom. The quantitative estimate of drug-likeness (QED) is 0.708. The number of hydrogen-bond acceptors (Lipinski definition) is 4. The van der Waals surface area contributed by atoms with Gasteiger partial charge in [0, 0.05) is 6.54 Å². The van der Waals surface area contributed by atoms with Gasteiger partial charge in [-0.1, -0.05) is 13.8 Å². The molecule has 130 valence electrons. The van der Waals surface area contributed by atoms with Crippen LogP contribution in [0.5, 0.6) is 11.5 Å². The van der Waals surface area contributed by atoms with E-state index in [0.717, 1.165) is 30.2 Å². The van der Waals surface area contributed by atoms with Crippen molar-refractivity contribution in [3.63, 3.8) is 0 Å². The number of hydrogen-bond donors (Lipinski definition) is 1. The summed E-state index contributed by atoms with van der Waals surface area (Å²) in [6.45, 7) is 12.3. The van der Waals surface area contributed by atoms with E-state index in [9.17, 15) is 0 Å². The largest absolute Gasteiger partial charge is 0.490 e. The molecule has 0 bridgehead atoms. The SMILES string of the molecule is CCCN(CCC)CCCc1cc2c(c(OCC)c1)OCCN2. The first kappa shape index (κ1) is 17.9. The van der Waals surface area contributed by atoms with Crippen molar-refractivity contribution in [2.24, 2.45) is 0 Å². The van der Waals surface area contributed by atoms with Gasteiger partial charge in [0.05, 0.1) is 12.3 Å². The van der Waals surface area contributed by atoms with E-state index < -0.39 is 0 Å². The van der Waals surface area contributed by atoms with Gasteiger partial charge in [-0.25, -0.2) is 0 Å². The molecule has 4 nitrogen and oxygen atoms in total. The third kappa shape index (κ3) is 5.31. The van der Waals surface area contributed by atoms with Crippen LogP contribution in [-0.4, -0.2) is 44.3 Å². The average Bonchev–Trinajstić information content (AvgIpc) is 2.55. The van der Waals surface area contributed by atoms with Gasteiger partial charge in [-0.2, -0.15) is 0 Å². The van der Waals surface area contributed by atoms with Gasteiger partial charge < -0.3 is 19.7 Å². The van der Waals surface area contributed by atoms with Crippen LogP contribution in [0.4, 0.5) is 5.69 Å². The summed E-state index contributed by atoms with van der Waals surface area (Å²) in [6.07, 6.45) is 4.73. The molecule has 1 aromatic rings. The number of anilines is 1. The number of rotatable bonds is 10. The number of nitrogens with zero attached hydrogens (tertiary/aromatic N) is 1. The first-order chi connectivity index (χ1) is 11.3. The van der Waals surface area contributed by atoms with Crippen LogP contribution in [-0.2, 0) is 6.42 Å². The Bertz CT molecular complexity index is 471. The van der Waals surface area contributed by atoms with E-state index in [-0.39, 0.29) is 0 Å². The van der Waals surface area contributed by atoms with Crippen LogP contribution in [0.25, 0.3) is 0 Å². The zero-order valence-electron chi connectivity index (χ0n) is 15.0. The minimum Gasteiger partial charge on any atom is -0.490 e. The maximum Gasteiger partial charge on any atom is 0.184 e. The summed E-state index contributed by atoms with van der Waals surface area (Å²) in [5.74, 6) is 1.76. The highest BCUT2D eigenvalue weighted by atomic mass is 16.5. The summed E-state index contributed by atoms with van der Waals surface area (Å²) in [5, 5.41) is 3.43. The van der Waals surface area contributed by atoms with Crippen LogP contribution in [0.2, 0.25) is 0 Å². The monoisotopic (exact) mass is 320 g/mol. The average molecular weight is 320 g/mol. The van der Waals surface area contributed by atoms with Crippen LogP contribution in [0.15, 0.2) is 12.1 Å². The third-order valence-electron chi connectivity index (χ3n) is 4.10. The van der Waals surface area contributed by atoms with Crippen molar-refractivity contribution in [2.75, 3.05) is 44.7 Å². The van der Waals surface area contributed by atoms with Crippen molar-refractivity contribution in [1.29, 1.82) is 0 Å². The third-order valence-corrected chi connectivity index (χ3v) is 4.10. The topological polar surface area (TPSA) is 33.7 Å². The molecule has 0 fully saturated rings. The second-order valence-electron chi connectivity index (χ2n) is 6.12. The van der Waals surface area contributed by atoms with Crippen LogP contribution < -0.4 is 14.8 Å². The Hall–Kier alpha value is -1.42. The van der Waals surface area contributed by atoms with E-state index in [2.05, 4.69) is 36.2 Å². The molecule has 0 aliphatic carbocycles. The van der Waals surface area contributed by atoms with E-state index in [1.165, 1.54) is 44.5 Å². The number of aryl methyl sites for hydroxylation is 1. The molecule has 0 amide bonds. The van der Waals surface area contributed by atoms with Crippen molar-refractivity contribution < 1.29 is 9.47 Å². The number of ether oxygens (including phenoxy) is 2. The maximum absolute atomic E-state index is 5.77. The summed E-state index contributed by atoms with van der Waals surface area (Å²) in [5.41, 5.74) is 2.41. The molecular formula is C19H32N2O2. The van der Waals surface area contributed by atoms with E-state index in [4.69, 9.17) is 9.47 Å². The summed E-state index contributed by atoms with van der Waals surface area (Å²) in [4.78, 5) is 2.57. The fourth-order valence-electron chi connectivity index (χ4n) is 3.16. The van der Waals surface area contributed by atoms with E-state index >= 15 is 0 Å². The lowest BCUT2D eigenvalue weighted by atomic mass is 10.1. The molecular weight excluding hydrogens is 288 g/mol. The number of fused-ring (bicyclic) bond motifs is 1. The minimum atomic E-state index is 0.667. The molecule has 0 saturated heterocycles. The van der Waals surface area contributed by atoms with Crippen LogP contribution in [0, 0.1) is 0 Å². The van der Waals surface area contributed by atoms with Gasteiger partial charge in [0.15, 0.2) is 11.5 Å². The molecule has 0 aromatic heterocycles. The standard InChI is InChI=1S/C19H32N2O2/c1-4-10-21(11-5-2)12-7-8-16-14-17-19(23-13-9-20-17)18(15-16)22-6-3/h14-15,20H,4-13H2,1-3H3. The van der Waals surface area contributed by atoms with Gasteiger partial charge in [-0.3, -0.25) is 0 Å². The molecule has 0 spiro atoms. The second-order valence-corrected chi connectivity index (χ2v) is 6.12.